The van der Waals surface area contributed by atoms with E-state index in [0.29, 0.717) is 11.4 Å². The normalized spacial score (nSPS) is 11.1. The molecular weight excluding hydrogens is 370 g/mol. The number of para-hydroxylation sites is 3. The molecular formula is C26H23N3O. The first-order chi connectivity index (χ1) is 14.7. The Hall–Kier alpha value is -3.92. The van der Waals surface area contributed by atoms with Crippen molar-refractivity contribution in [3.63, 3.8) is 0 Å². The van der Waals surface area contributed by atoms with E-state index in [1.807, 2.05) is 60.7 Å². The number of carbonyl (C=O) groups is 1. The van der Waals surface area contributed by atoms with Gasteiger partial charge < -0.3 is 11.1 Å². The van der Waals surface area contributed by atoms with Gasteiger partial charge in [-0.05, 0) is 41.8 Å². The third-order valence-corrected chi connectivity index (χ3v) is 5.06. The first-order valence-corrected chi connectivity index (χ1v) is 9.98. The lowest BCUT2D eigenvalue weighted by molar-refractivity contribution is -0.111. The summed E-state index contributed by atoms with van der Waals surface area (Å²) in [7, 11) is 0. The predicted molar refractivity (Wildman–Crippen MR) is 125 cm³/mol. The Kier molecular flexibility index (Phi) is 5.57. The van der Waals surface area contributed by atoms with Gasteiger partial charge in [-0.3, -0.25) is 4.79 Å². The van der Waals surface area contributed by atoms with E-state index < -0.39 is 0 Å². The highest BCUT2D eigenvalue weighted by atomic mass is 16.1. The predicted octanol–water partition coefficient (Wildman–Crippen LogP) is 5.70. The molecule has 0 aliphatic heterocycles. The van der Waals surface area contributed by atoms with Gasteiger partial charge in [0.05, 0.1) is 22.6 Å². The van der Waals surface area contributed by atoms with Crippen LogP contribution in [-0.2, 0) is 11.2 Å². The number of anilines is 2. The van der Waals surface area contributed by atoms with Crippen molar-refractivity contribution in [2.45, 2.75) is 13.3 Å². The van der Waals surface area contributed by atoms with Crippen molar-refractivity contribution in [3.05, 3.63) is 96.1 Å². The van der Waals surface area contributed by atoms with Gasteiger partial charge in [-0.2, -0.15) is 0 Å². The molecule has 1 heterocycles. The number of rotatable bonds is 5. The van der Waals surface area contributed by atoms with E-state index in [4.69, 9.17) is 10.7 Å². The van der Waals surface area contributed by atoms with Gasteiger partial charge in [-0.15, -0.1) is 0 Å². The van der Waals surface area contributed by atoms with Gasteiger partial charge in [0.25, 0.3) is 0 Å². The van der Waals surface area contributed by atoms with Gasteiger partial charge >= 0.3 is 0 Å². The average molecular weight is 393 g/mol. The molecule has 4 aromatic rings. The third-order valence-electron chi connectivity index (χ3n) is 5.06. The van der Waals surface area contributed by atoms with E-state index in [-0.39, 0.29) is 5.91 Å². The molecule has 0 aliphatic carbocycles. The fourth-order valence-corrected chi connectivity index (χ4v) is 3.60. The largest absolute Gasteiger partial charge is 0.397 e. The average Bonchev–Trinajstić information content (AvgIpc) is 2.79. The van der Waals surface area contributed by atoms with Crippen LogP contribution < -0.4 is 11.1 Å². The maximum absolute atomic E-state index is 12.6. The zero-order chi connectivity index (χ0) is 20.9. The summed E-state index contributed by atoms with van der Waals surface area (Å²) in [6.07, 6.45) is 4.24. The molecule has 0 saturated heterocycles. The summed E-state index contributed by atoms with van der Waals surface area (Å²) < 4.78 is 0. The molecule has 0 aliphatic rings. The zero-order valence-electron chi connectivity index (χ0n) is 16.8. The van der Waals surface area contributed by atoms with Crippen molar-refractivity contribution in [3.8, 4) is 11.3 Å². The maximum atomic E-state index is 12.6. The Balaban J connectivity index is 1.78. The number of fused-ring (bicyclic) bond motifs is 1. The summed E-state index contributed by atoms with van der Waals surface area (Å²) in [5.74, 6) is -0.225. The van der Waals surface area contributed by atoms with Crippen molar-refractivity contribution < 1.29 is 4.79 Å². The second kappa shape index (κ2) is 8.62. The van der Waals surface area contributed by atoms with E-state index in [9.17, 15) is 4.79 Å². The van der Waals surface area contributed by atoms with Crippen LogP contribution >= 0.6 is 0 Å². The van der Waals surface area contributed by atoms with Gasteiger partial charge in [0.1, 0.15) is 0 Å². The van der Waals surface area contributed by atoms with Crippen LogP contribution in [0.15, 0.2) is 84.9 Å². The number of amides is 1. The van der Waals surface area contributed by atoms with Gasteiger partial charge in [0, 0.05) is 17.0 Å². The monoisotopic (exact) mass is 393 g/mol. The lowest BCUT2D eigenvalue weighted by Crippen LogP contribution is -2.09. The molecule has 4 rings (SSSR count). The molecule has 0 fully saturated rings. The Labute approximate surface area is 176 Å². The fourth-order valence-electron chi connectivity index (χ4n) is 3.60. The molecule has 1 aromatic heterocycles. The molecule has 0 atom stereocenters. The van der Waals surface area contributed by atoms with Crippen LogP contribution in [0.1, 0.15) is 18.1 Å². The van der Waals surface area contributed by atoms with Crippen LogP contribution in [0.5, 0.6) is 0 Å². The van der Waals surface area contributed by atoms with E-state index >= 15 is 0 Å². The van der Waals surface area contributed by atoms with Crippen LogP contribution in [0.25, 0.3) is 28.2 Å². The lowest BCUT2D eigenvalue weighted by Gasteiger charge is -2.14. The first-order valence-electron chi connectivity index (χ1n) is 9.98. The molecule has 0 spiro atoms. The topological polar surface area (TPSA) is 68.0 Å². The Morgan fingerprint density at radius 3 is 2.43 bits per heavy atom. The second-order valence-corrected chi connectivity index (χ2v) is 7.00. The number of benzene rings is 3. The van der Waals surface area contributed by atoms with Crippen LogP contribution in [0.4, 0.5) is 11.4 Å². The SMILES string of the molecule is CCc1c(-c2ccccc2)nc2ccccc2c1/C=C/C(=O)Nc1ccccc1N. The molecule has 0 radical (unpaired) electrons. The number of hydrogen-bond donors (Lipinski definition) is 2. The minimum absolute atomic E-state index is 0.225. The van der Waals surface area contributed by atoms with Crippen LogP contribution in [0.2, 0.25) is 0 Å². The number of nitrogens with one attached hydrogen (secondary N) is 1. The summed E-state index contributed by atoms with van der Waals surface area (Å²) in [5.41, 5.74) is 12.1. The Morgan fingerprint density at radius 1 is 0.967 bits per heavy atom. The highest BCUT2D eigenvalue weighted by Crippen LogP contribution is 2.31. The Bertz CT molecular complexity index is 1230. The van der Waals surface area contributed by atoms with Crippen molar-refractivity contribution in [2.24, 2.45) is 0 Å². The number of nitrogens with zero attached hydrogens (tertiary/aromatic N) is 1. The molecule has 4 heteroatoms. The fraction of sp³-hybridized carbons (Fsp3) is 0.0769. The van der Waals surface area contributed by atoms with Crippen molar-refractivity contribution in [1.82, 2.24) is 4.98 Å². The molecule has 1 amide bonds. The minimum Gasteiger partial charge on any atom is -0.397 e. The molecule has 4 nitrogen and oxygen atoms in total. The van der Waals surface area contributed by atoms with E-state index in [1.165, 1.54) is 0 Å². The van der Waals surface area contributed by atoms with E-state index in [2.05, 4.69) is 24.4 Å². The number of aromatic nitrogens is 1. The smallest absolute Gasteiger partial charge is 0.248 e. The number of nitrogen functional groups attached to an aromatic ring is 1. The molecule has 0 saturated carbocycles. The Morgan fingerprint density at radius 2 is 1.67 bits per heavy atom. The van der Waals surface area contributed by atoms with E-state index in [1.54, 1.807) is 18.2 Å². The highest BCUT2D eigenvalue weighted by molar-refractivity contribution is 6.05. The minimum atomic E-state index is -0.225. The standard InChI is InChI=1S/C26H23N3O/c1-2-19-20(16-17-25(30)28-24-15-9-7-13-22(24)27)21-12-6-8-14-23(21)29-26(19)18-10-4-3-5-11-18/h3-17H,2,27H2,1H3,(H,28,30)/b17-16+. The quantitative estimate of drug-likeness (QED) is 0.338. The summed E-state index contributed by atoms with van der Waals surface area (Å²) >= 11 is 0. The molecule has 148 valence electrons. The summed E-state index contributed by atoms with van der Waals surface area (Å²) in [6, 6.07) is 25.4. The number of pyridine rings is 1. The van der Waals surface area contributed by atoms with Gasteiger partial charge in [-0.1, -0.05) is 67.6 Å². The summed E-state index contributed by atoms with van der Waals surface area (Å²) in [5, 5.41) is 3.87. The lowest BCUT2D eigenvalue weighted by atomic mass is 9.94. The van der Waals surface area contributed by atoms with Crippen LogP contribution in [0, 0.1) is 0 Å². The third kappa shape index (κ3) is 3.94. The molecule has 3 N–H and O–H groups in total. The summed E-state index contributed by atoms with van der Waals surface area (Å²) in [6.45, 7) is 2.11. The first kappa shape index (κ1) is 19.4. The molecule has 0 unspecified atom stereocenters. The number of carbonyl (C=O) groups excluding carboxylic acids is 1. The molecule has 30 heavy (non-hydrogen) atoms. The van der Waals surface area contributed by atoms with Crippen molar-refractivity contribution >= 4 is 34.3 Å². The summed E-state index contributed by atoms with van der Waals surface area (Å²) in [4.78, 5) is 17.5. The van der Waals surface area contributed by atoms with Crippen LogP contribution in [0.3, 0.4) is 0 Å². The number of hydrogen-bond acceptors (Lipinski definition) is 3. The van der Waals surface area contributed by atoms with Crippen LogP contribution in [-0.4, -0.2) is 10.9 Å². The van der Waals surface area contributed by atoms with Crippen molar-refractivity contribution in [2.75, 3.05) is 11.1 Å². The van der Waals surface area contributed by atoms with Gasteiger partial charge in [0.15, 0.2) is 0 Å². The van der Waals surface area contributed by atoms with Gasteiger partial charge in [-0.25, -0.2) is 4.98 Å². The highest BCUT2D eigenvalue weighted by Gasteiger charge is 2.14. The maximum Gasteiger partial charge on any atom is 0.248 e. The molecule has 3 aromatic carbocycles. The van der Waals surface area contributed by atoms with Gasteiger partial charge in [0.2, 0.25) is 5.91 Å². The van der Waals surface area contributed by atoms with Crippen molar-refractivity contribution in [1.29, 1.82) is 0 Å². The van der Waals surface area contributed by atoms with E-state index in [0.717, 1.165) is 39.7 Å². The zero-order valence-corrected chi connectivity index (χ0v) is 16.8. The number of nitrogens with two attached hydrogens (primary N) is 1. The second-order valence-electron chi connectivity index (χ2n) is 7.00. The molecule has 0 bridgehead atoms.